The number of unbranched alkanes of at least 4 members (excludes halogenated alkanes) is 6. The molecule has 0 aromatic rings. The Bertz CT molecular complexity index is 330. The summed E-state index contributed by atoms with van der Waals surface area (Å²) in [6.45, 7) is 7.59. The van der Waals surface area contributed by atoms with Gasteiger partial charge in [-0.3, -0.25) is 4.79 Å². The molecule has 0 aromatic heterocycles. The van der Waals surface area contributed by atoms with Crippen LogP contribution in [0.2, 0.25) is 0 Å². The summed E-state index contributed by atoms with van der Waals surface area (Å²) < 4.78 is 15.9. The molecule has 0 bridgehead atoms. The Morgan fingerprint density at radius 3 is 2.00 bits per heavy atom. The van der Waals surface area contributed by atoms with Gasteiger partial charge in [0.2, 0.25) is 0 Å². The quantitative estimate of drug-likeness (QED) is 0.276. The summed E-state index contributed by atoms with van der Waals surface area (Å²) in [6, 6.07) is 0. The maximum atomic E-state index is 12.0. The van der Waals surface area contributed by atoms with E-state index in [4.69, 9.17) is 14.2 Å². The number of hydrogen-bond acceptors (Lipinski definition) is 5. The maximum absolute atomic E-state index is 12.0. The van der Waals surface area contributed by atoms with E-state index in [2.05, 4.69) is 13.8 Å². The van der Waals surface area contributed by atoms with Crippen LogP contribution in [-0.2, 0) is 23.8 Å². The fourth-order valence-corrected chi connectivity index (χ4v) is 2.41. The van der Waals surface area contributed by atoms with E-state index in [0.29, 0.717) is 32.7 Å². The largest absolute Gasteiger partial charge is 0.466 e. The van der Waals surface area contributed by atoms with E-state index in [0.717, 1.165) is 57.8 Å². The van der Waals surface area contributed by atoms with Crippen LogP contribution in [0.3, 0.4) is 0 Å². The predicted octanol–water partition coefficient (Wildman–Crippen LogP) is 4.81. The average Bonchev–Trinajstić information content (AvgIpc) is 2.60. The van der Waals surface area contributed by atoms with Gasteiger partial charge in [0.15, 0.2) is 6.10 Å². The first kappa shape index (κ1) is 23.9. The van der Waals surface area contributed by atoms with Crippen LogP contribution in [0.4, 0.5) is 0 Å². The van der Waals surface area contributed by atoms with Crippen molar-refractivity contribution in [1.82, 2.24) is 0 Å². The van der Waals surface area contributed by atoms with Crippen molar-refractivity contribution in [1.29, 1.82) is 0 Å². The van der Waals surface area contributed by atoms with Crippen LogP contribution in [0.5, 0.6) is 0 Å². The van der Waals surface area contributed by atoms with Crippen LogP contribution in [0.15, 0.2) is 0 Å². The van der Waals surface area contributed by atoms with Gasteiger partial charge in [0.05, 0.1) is 13.2 Å². The molecule has 0 saturated carbocycles. The Balaban J connectivity index is 3.67. The molecule has 0 aliphatic carbocycles. The fourth-order valence-electron chi connectivity index (χ4n) is 2.41. The lowest BCUT2D eigenvalue weighted by Gasteiger charge is -2.15. The van der Waals surface area contributed by atoms with Gasteiger partial charge < -0.3 is 14.2 Å². The van der Waals surface area contributed by atoms with E-state index in [1.165, 1.54) is 0 Å². The molecule has 0 radical (unpaired) electrons. The zero-order valence-corrected chi connectivity index (χ0v) is 16.5. The van der Waals surface area contributed by atoms with Crippen molar-refractivity contribution < 1.29 is 23.8 Å². The van der Waals surface area contributed by atoms with Gasteiger partial charge >= 0.3 is 11.9 Å². The molecule has 0 rings (SSSR count). The Morgan fingerprint density at radius 1 is 0.760 bits per heavy atom. The van der Waals surface area contributed by atoms with Gasteiger partial charge in [-0.1, -0.05) is 52.4 Å². The highest BCUT2D eigenvalue weighted by atomic mass is 16.6. The zero-order valence-electron chi connectivity index (χ0n) is 16.5. The van der Waals surface area contributed by atoms with Crippen molar-refractivity contribution in [2.45, 2.75) is 97.5 Å². The average molecular weight is 359 g/mol. The molecule has 0 aliphatic heterocycles. The topological polar surface area (TPSA) is 61.8 Å². The standard InChI is InChI=1S/C20H38O5/c1-4-7-16-24-19(21)15-13-11-9-10-12-14-18(23-6-3)20(22)25-17-8-5-2/h18H,4-17H2,1-3H3. The summed E-state index contributed by atoms with van der Waals surface area (Å²) in [4.78, 5) is 23.4. The zero-order chi connectivity index (χ0) is 18.8. The molecule has 5 heteroatoms. The number of carbonyl (C=O) groups excluding carboxylic acids is 2. The van der Waals surface area contributed by atoms with Crippen molar-refractivity contribution in [2.75, 3.05) is 19.8 Å². The van der Waals surface area contributed by atoms with Gasteiger partial charge in [0.25, 0.3) is 0 Å². The molecule has 0 heterocycles. The number of rotatable bonds is 17. The fraction of sp³-hybridized carbons (Fsp3) is 0.900. The third-order valence-corrected chi connectivity index (χ3v) is 3.98. The summed E-state index contributed by atoms with van der Waals surface area (Å²) in [6.07, 6.45) is 9.60. The van der Waals surface area contributed by atoms with Crippen molar-refractivity contribution in [3.05, 3.63) is 0 Å². The van der Waals surface area contributed by atoms with Gasteiger partial charge in [-0.05, 0) is 32.6 Å². The van der Waals surface area contributed by atoms with Crippen LogP contribution in [0.1, 0.15) is 91.4 Å². The minimum absolute atomic E-state index is 0.0836. The van der Waals surface area contributed by atoms with Crippen molar-refractivity contribution in [3.8, 4) is 0 Å². The summed E-state index contributed by atoms with van der Waals surface area (Å²) in [5.41, 5.74) is 0. The van der Waals surface area contributed by atoms with Crippen molar-refractivity contribution >= 4 is 11.9 Å². The van der Waals surface area contributed by atoms with Gasteiger partial charge in [0, 0.05) is 13.0 Å². The summed E-state index contributed by atoms with van der Waals surface area (Å²) >= 11 is 0. The first-order valence-corrected chi connectivity index (χ1v) is 10.1. The Morgan fingerprint density at radius 2 is 1.36 bits per heavy atom. The minimum atomic E-state index is -0.435. The lowest BCUT2D eigenvalue weighted by molar-refractivity contribution is -0.157. The van der Waals surface area contributed by atoms with Crippen molar-refractivity contribution in [3.63, 3.8) is 0 Å². The first-order valence-electron chi connectivity index (χ1n) is 10.1. The first-order chi connectivity index (χ1) is 12.2. The molecular weight excluding hydrogens is 320 g/mol. The molecule has 0 spiro atoms. The second-order valence-electron chi connectivity index (χ2n) is 6.35. The molecule has 0 aliphatic rings. The number of esters is 2. The van der Waals surface area contributed by atoms with E-state index in [1.54, 1.807) is 0 Å². The van der Waals surface area contributed by atoms with Crippen LogP contribution >= 0.6 is 0 Å². The van der Waals surface area contributed by atoms with E-state index in [9.17, 15) is 9.59 Å². The molecule has 0 N–H and O–H groups in total. The molecule has 5 nitrogen and oxygen atoms in total. The summed E-state index contributed by atoms with van der Waals surface area (Å²) in [7, 11) is 0. The minimum Gasteiger partial charge on any atom is -0.466 e. The Kier molecular flexibility index (Phi) is 16.9. The molecule has 1 unspecified atom stereocenters. The smallest absolute Gasteiger partial charge is 0.335 e. The number of ether oxygens (including phenoxy) is 3. The second-order valence-corrected chi connectivity index (χ2v) is 6.35. The second kappa shape index (κ2) is 17.7. The third-order valence-electron chi connectivity index (χ3n) is 3.98. The summed E-state index contributed by atoms with van der Waals surface area (Å²) in [5.74, 6) is -0.315. The van der Waals surface area contributed by atoms with E-state index in [1.807, 2.05) is 6.92 Å². The van der Waals surface area contributed by atoms with Crippen LogP contribution < -0.4 is 0 Å². The van der Waals surface area contributed by atoms with Gasteiger partial charge in [-0.15, -0.1) is 0 Å². The van der Waals surface area contributed by atoms with Gasteiger partial charge in [0.1, 0.15) is 0 Å². The molecule has 0 amide bonds. The predicted molar refractivity (Wildman–Crippen MR) is 99.5 cm³/mol. The molecule has 148 valence electrons. The Hall–Kier alpha value is -1.10. The lowest BCUT2D eigenvalue weighted by atomic mass is 10.1. The maximum Gasteiger partial charge on any atom is 0.335 e. The Labute approximate surface area is 153 Å². The summed E-state index contributed by atoms with van der Waals surface area (Å²) in [5, 5.41) is 0. The SMILES string of the molecule is CCCCOC(=O)CCCCCCCC(OCC)C(=O)OCCCC. The van der Waals surface area contributed by atoms with Crippen LogP contribution in [-0.4, -0.2) is 37.9 Å². The van der Waals surface area contributed by atoms with Crippen LogP contribution in [0, 0.1) is 0 Å². The molecule has 25 heavy (non-hydrogen) atoms. The number of carbonyl (C=O) groups is 2. The lowest BCUT2D eigenvalue weighted by Crippen LogP contribution is -2.27. The molecule has 0 aromatic carbocycles. The molecule has 0 saturated heterocycles. The highest BCUT2D eigenvalue weighted by Gasteiger charge is 2.19. The van der Waals surface area contributed by atoms with E-state index < -0.39 is 6.10 Å². The highest BCUT2D eigenvalue weighted by molar-refractivity contribution is 5.74. The molecule has 0 fully saturated rings. The molecular formula is C20H38O5. The monoisotopic (exact) mass is 358 g/mol. The van der Waals surface area contributed by atoms with Crippen LogP contribution in [0.25, 0.3) is 0 Å². The van der Waals surface area contributed by atoms with Crippen molar-refractivity contribution in [2.24, 2.45) is 0 Å². The van der Waals surface area contributed by atoms with Gasteiger partial charge in [-0.25, -0.2) is 4.79 Å². The van der Waals surface area contributed by atoms with E-state index >= 15 is 0 Å². The molecule has 1 atom stereocenters. The third kappa shape index (κ3) is 14.9. The normalized spacial score (nSPS) is 12.0. The number of hydrogen-bond donors (Lipinski definition) is 0. The highest BCUT2D eigenvalue weighted by Crippen LogP contribution is 2.12. The van der Waals surface area contributed by atoms with Gasteiger partial charge in [-0.2, -0.15) is 0 Å². The van der Waals surface area contributed by atoms with E-state index in [-0.39, 0.29) is 11.9 Å².